The minimum atomic E-state index is -3.24. The van der Waals surface area contributed by atoms with Gasteiger partial charge in [0.2, 0.25) is 15.9 Å². The second kappa shape index (κ2) is 6.51. The van der Waals surface area contributed by atoms with Crippen molar-refractivity contribution in [2.24, 2.45) is 0 Å². The van der Waals surface area contributed by atoms with Crippen LogP contribution in [0.1, 0.15) is 13.3 Å². The molecule has 1 amide bonds. The summed E-state index contributed by atoms with van der Waals surface area (Å²) in [5.74, 6) is -0.0974. The van der Waals surface area contributed by atoms with E-state index in [0.29, 0.717) is 6.54 Å². The molecule has 0 aliphatic rings. The van der Waals surface area contributed by atoms with Crippen LogP contribution in [-0.2, 0) is 14.8 Å². The fourth-order valence-corrected chi connectivity index (χ4v) is 2.06. The minimum absolute atomic E-state index is 0.0974. The Bertz CT molecular complexity index is 485. The Hall–Kier alpha value is -1.40. The summed E-state index contributed by atoms with van der Waals surface area (Å²) in [5, 5.41) is 0. The molecule has 0 aliphatic heterocycles. The van der Waals surface area contributed by atoms with E-state index in [0.717, 1.165) is 11.9 Å². The number of carbonyl (C=O) groups excluding carboxylic acids is 1. The molecule has 18 heavy (non-hydrogen) atoms. The molecule has 0 fully saturated rings. The van der Waals surface area contributed by atoms with Crippen molar-refractivity contribution >= 4 is 21.6 Å². The predicted molar refractivity (Wildman–Crippen MR) is 71.9 cm³/mol. The van der Waals surface area contributed by atoms with Crippen molar-refractivity contribution in [1.29, 1.82) is 0 Å². The smallest absolute Gasteiger partial charge is 0.228 e. The van der Waals surface area contributed by atoms with Gasteiger partial charge in [-0.2, -0.15) is 0 Å². The second-order valence-corrected chi connectivity index (χ2v) is 5.72. The van der Waals surface area contributed by atoms with Gasteiger partial charge in [-0.3, -0.25) is 4.79 Å². The van der Waals surface area contributed by atoms with Crippen molar-refractivity contribution in [3.63, 3.8) is 0 Å². The molecule has 6 heteroatoms. The molecule has 100 valence electrons. The molecule has 0 unspecified atom stereocenters. The summed E-state index contributed by atoms with van der Waals surface area (Å²) in [6.07, 6.45) is 1.22. The predicted octanol–water partition coefficient (Wildman–Crippen LogP) is 0.979. The van der Waals surface area contributed by atoms with Gasteiger partial charge >= 0.3 is 0 Å². The Kier molecular flexibility index (Phi) is 5.30. The number of nitrogens with one attached hydrogen (secondary N) is 1. The lowest BCUT2D eigenvalue weighted by Gasteiger charge is -2.20. The van der Waals surface area contributed by atoms with Gasteiger partial charge in [0.05, 0.1) is 6.26 Å². The van der Waals surface area contributed by atoms with E-state index in [2.05, 4.69) is 4.72 Å². The SMILES string of the molecule is CCN(C(=O)CCNS(C)(=O)=O)c1ccccc1. The molecule has 1 aromatic carbocycles. The van der Waals surface area contributed by atoms with E-state index in [9.17, 15) is 13.2 Å². The molecule has 0 saturated heterocycles. The van der Waals surface area contributed by atoms with E-state index in [1.807, 2.05) is 37.3 Å². The van der Waals surface area contributed by atoms with Crippen LogP contribution in [0.25, 0.3) is 0 Å². The zero-order valence-corrected chi connectivity index (χ0v) is 11.4. The van der Waals surface area contributed by atoms with Crippen LogP contribution in [0.4, 0.5) is 5.69 Å². The van der Waals surface area contributed by atoms with Crippen molar-refractivity contribution in [2.45, 2.75) is 13.3 Å². The number of anilines is 1. The second-order valence-electron chi connectivity index (χ2n) is 3.89. The first kappa shape index (κ1) is 14.7. The number of benzene rings is 1. The lowest BCUT2D eigenvalue weighted by molar-refractivity contribution is -0.118. The lowest BCUT2D eigenvalue weighted by atomic mass is 10.2. The summed E-state index contributed by atoms with van der Waals surface area (Å²) in [4.78, 5) is 13.6. The van der Waals surface area contributed by atoms with Gasteiger partial charge in [0.1, 0.15) is 0 Å². The van der Waals surface area contributed by atoms with Crippen LogP contribution in [0.15, 0.2) is 30.3 Å². The fraction of sp³-hybridized carbons (Fsp3) is 0.417. The van der Waals surface area contributed by atoms with Crippen LogP contribution in [0.2, 0.25) is 0 Å². The third kappa shape index (κ3) is 4.85. The monoisotopic (exact) mass is 270 g/mol. The van der Waals surface area contributed by atoms with Gasteiger partial charge in [0, 0.05) is 25.2 Å². The van der Waals surface area contributed by atoms with E-state index in [4.69, 9.17) is 0 Å². The molecule has 0 atom stereocenters. The first-order valence-electron chi connectivity index (χ1n) is 5.74. The molecule has 0 heterocycles. The fourth-order valence-electron chi connectivity index (χ4n) is 1.59. The summed E-state index contributed by atoms with van der Waals surface area (Å²) in [6, 6.07) is 9.31. The zero-order chi connectivity index (χ0) is 13.6. The maximum absolute atomic E-state index is 12.0. The molecule has 1 N–H and O–H groups in total. The molecule has 0 bridgehead atoms. The highest BCUT2D eigenvalue weighted by atomic mass is 32.2. The maximum atomic E-state index is 12.0. The van der Waals surface area contributed by atoms with Crippen molar-refractivity contribution in [3.8, 4) is 0 Å². The van der Waals surface area contributed by atoms with Crippen molar-refractivity contribution in [2.75, 3.05) is 24.2 Å². The van der Waals surface area contributed by atoms with E-state index in [1.165, 1.54) is 0 Å². The van der Waals surface area contributed by atoms with E-state index < -0.39 is 10.0 Å². The van der Waals surface area contributed by atoms with Crippen molar-refractivity contribution in [3.05, 3.63) is 30.3 Å². The molecule has 0 radical (unpaired) electrons. The highest BCUT2D eigenvalue weighted by molar-refractivity contribution is 7.88. The number of hydrogen-bond donors (Lipinski definition) is 1. The quantitative estimate of drug-likeness (QED) is 0.838. The number of amides is 1. The summed E-state index contributed by atoms with van der Waals surface area (Å²) in [6.45, 7) is 2.57. The summed E-state index contributed by atoms with van der Waals surface area (Å²) < 4.78 is 24.1. The number of para-hydroxylation sites is 1. The van der Waals surface area contributed by atoms with E-state index in [-0.39, 0.29) is 18.9 Å². The van der Waals surface area contributed by atoms with Crippen LogP contribution in [0, 0.1) is 0 Å². The molecule has 0 aromatic heterocycles. The highest BCUT2D eigenvalue weighted by Crippen LogP contribution is 2.13. The average molecular weight is 270 g/mol. The molecule has 0 aliphatic carbocycles. The third-order valence-corrected chi connectivity index (χ3v) is 3.12. The van der Waals surface area contributed by atoms with Gasteiger partial charge in [-0.25, -0.2) is 13.1 Å². The van der Waals surface area contributed by atoms with Crippen LogP contribution < -0.4 is 9.62 Å². The van der Waals surface area contributed by atoms with E-state index in [1.54, 1.807) is 4.90 Å². The first-order valence-corrected chi connectivity index (χ1v) is 7.63. The Labute approximate surface area is 108 Å². The number of carbonyl (C=O) groups is 1. The Morgan fingerprint density at radius 2 is 1.89 bits per heavy atom. The van der Waals surface area contributed by atoms with Gasteiger partial charge in [0.15, 0.2) is 0 Å². The topological polar surface area (TPSA) is 66.5 Å². The molecule has 1 aromatic rings. The Morgan fingerprint density at radius 1 is 1.28 bits per heavy atom. The van der Waals surface area contributed by atoms with Gasteiger partial charge in [0.25, 0.3) is 0 Å². The maximum Gasteiger partial charge on any atom is 0.228 e. The Balaban J connectivity index is 2.59. The first-order chi connectivity index (χ1) is 8.44. The molecule has 5 nitrogen and oxygen atoms in total. The van der Waals surface area contributed by atoms with Crippen molar-refractivity contribution in [1.82, 2.24) is 4.72 Å². The molecular formula is C12H18N2O3S. The molecule has 1 rings (SSSR count). The summed E-state index contributed by atoms with van der Waals surface area (Å²) in [7, 11) is -3.24. The Morgan fingerprint density at radius 3 is 2.39 bits per heavy atom. The standard InChI is InChI=1S/C12H18N2O3S/c1-3-14(11-7-5-4-6-8-11)12(15)9-10-13-18(2,16)17/h4-8,13H,3,9-10H2,1-2H3. The number of hydrogen-bond acceptors (Lipinski definition) is 3. The summed E-state index contributed by atoms with van der Waals surface area (Å²) >= 11 is 0. The van der Waals surface area contributed by atoms with E-state index >= 15 is 0 Å². The van der Waals surface area contributed by atoms with Crippen LogP contribution in [-0.4, -0.2) is 33.7 Å². The van der Waals surface area contributed by atoms with Crippen LogP contribution in [0.3, 0.4) is 0 Å². The number of rotatable bonds is 6. The number of nitrogens with zero attached hydrogens (tertiary/aromatic N) is 1. The zero-order valence-electron chi connectivity index (χ0n) is 10.6. The van der Waals surface area contributed by atoms with Gasteiger partial charge in [-0.1, -0.05) is 18.2 Å². The van der Waals surface area contributed by atoms with Gasteiger partial charge in [-0.05, 0) is 19.1 Å². The van der Waals surface area contributed by atoms with Gasteiger partial charge < -0.3 is 4.90 Å². The highest BCUT2D eigenvalue weighted by Gasteiger charge is 2.13. The number of sulfonamides is 1. The molecule has 0 spiro atoms. The average Bonchev–Trinajstić information content (AvgIpc) is 2.29. The molecular weight excluding hydrogens is 252 g/mol. The van der Waals surface area contributed by atoms with Gasteiger partial charge in [-0.15, -0.1) is 0 Å². The normalized spacial score (nSPS) is 11.2. The lowest BCUT2D eigenvalue weighted by Crippen LogP contribution is -2.34. The molecule has 0 saturated carbocycles. The van der Waals surface area contributed by atoms with Crippen molar-refractivity contribution < 1.29 is 13.2 Å². The van der Waals surface area contributed by atoms with Crippen LogP contribution >= 0.6 is 0 Å². The third-order valence-electron chi connectivity index (χ3n) is 2.39. The van der Waals surface area contributed by atoms with Crippen LogP contribution in [0.5, 0.6) is 0 Å². The largest absolute Gasteiger partial charge is 0.313 e. The summed E-state index contributed by atoms with van der Waals surface area (Å²) in [5.41, 5.74) is 0.823. The minimum Gasteiger partial charge on any atom is -0.313 e.